The number of alkyl halides is 4. The molecule has 0 heterocycles. The van der Waals surface area contributed by atoms with E-state index in [0.717, 1.165) is 57.3 Å². The summed E-state index contributed by atoms with van der Waals surface area (Å²) >= 11 is 18.5. The van der Waals surface area contributed by atoms with Crippen LogP contribution >= 0.6 is 70.3 Å². The van der Waals surface area contributed by atoms with E-state index in [-0.39, 0.29) is 38.0 Å². The number of hydrogen-bond donors (Lipinski definition) is 3. The van der Waals surface area contributed by atoms with Crippen LogP contribution < -0.4 is 4.52 Å². The van der Waals surface area contributed by atoms with Gasteiger partial charge in [0.05, 0.1) is 26.6 Å². The highest BCUT2D eigenvalue weighted by atomic mass is 79.9. The highest BCUT2D eigenvalue weighted by Gasteiger charge is 2.55. The lowest BCUT2D eigenvalue weighted by Crippen LogP contribution is -2.30. The van der Waals surface area contributed by atoms with E-state index in [0.29, 0.717) is 23.3 Å². The molecule has 0 fully saturated rings. The minimum Gasteiger partial charge on any atom is -0.420 e. The molecule has 0 bridgehead atoms. The van der Waals surface area contributed by atoms with Crippen LogP contribution in [0, 0.1) is 11.3 Å². The highest BCUT2D eigenvalue weighted by Crippen LogP contribution is 2.64. The smallest absolute Gasteiger partial charge is 0.420 e. The molecule has 0 aliphatic heterocycles. The molecule has 6 rings (SSSR count). The lowest BCUT2D eigenvalue weighted by atomic mass is 10.1. The van der Waals surface area contributed by atoms with E-state index >= 15 is 8.78 Å². The summed E-state index contributed by atoms with van der Waals surface area (Å²) in [6.45, 7) is -1.84. The van der Waals surface area contributed by atoms with Crippen LogP contribution in [0.3, 0.4) is 0 Å². The Labute approximate surface area is 437 Å². The standard InChI is InChI=1S/C44H35Br2Cl2F4N3O12P2S3/c1-70(61,62)34-15-10-30(11-16-34)25-54(71(63,64)41-5-3-2-4-39(41)47)26-32-13-18-36(38(46)21-32)44(51,52)69(59,60)67-33-14-19-42(40(48)22-33)72(65,66)55(24-29-8-6-28(23-53)7-9-29)27-31-12-17-35(37(45)20-31)43(49,50)68(56,57)58/h2-22H,24-27H2,1H3,(H,59,60)(H2,56,57,58). The number of halogens is 8. The molecule has 0 saturated heterocycles. The van der Waals surface area contributed by atoms with E-state index in [9.17, 15) is 63.1 Å². The third-order valence-corrected chi connectivity index (χ3v) is 19.9. The van der Waals surface area contributed by atoms with Crippen molar-refractivity contribution in [2.24, 2.45) is 0 Å². The average Bonchev–Trinajstić information content (AvgIpc) is 3.28. The fourth-order valence-electron chi connectivity index (χ4n) is 6.78. The SMILES string of the molecule is CS(=O)(=O)c1ccc(CN(Cc2ccc(C(F)(F)P(=O)(O)Oc3ccc(S(=O)(=O)N(Cc4ccc(C#N)cc4)Cc4ccc(C(F)(F)P(=O)(O)O)c(Br)c4)c(Cl)c3)c(Br)c2)S(=O)(=O)c2ccccc2Cl)cc1. The van der Waals surface area contributed by atoms with Crippen LogP contribution in [0.15, 0.2) is 151 Å². The third kappa shape index (κ3) is 12.6. The normalized spacial score (nSPS) is 13.7. The van der Waals surface area contributed by atoms with Crippen molar-refractivity contribution >= 4 is 100 Å². The minimum absolute atomic E-state index is 0.0261. The topological polar surface area (TPSA) is 237 Å². The zero-order valence-corrected chi connectivity index (χ0v) is 45.4. The zero-order valence-electron chi connectivity index (χ0n) is 36.5. The first-order valence-corrected chi connectivity index (χ1v) is 30.3. The first-order valence-electron chi connectivity index (χ1n) is 20.0. The van der Waals surface area contributed by atoms with Gasteiger partial charge in [-0.25, -0.2) is 29.8 Å². The van der Waals surface area contributed by atoms with Gasteiger partial charge in [-0.1, -0.05) is 116 Å². The van der Waals surface area contributed by atoms with Crippen LogP contribution in [0.25, 0.3) is 0 Å². The molecule has 6 aromatic rings. The zero-order chi connectivity index (χ0) is 53.4. The second-order valence-electron chi connectivity index (χ2n) is 15.7. The van der Waals surface area contributed by atoms with Crippen LogP contribution in [-0.2, 0) is 76.5 Å². The molecule has 0 aliphatic rings. The van der Waals surface area contributed by atoms with E-state index in [1.807, 2.05) is 6.07 Å². The first kappa shape index (κ1) is 57.3. The number of benzene rings is 6. The predicted octanol–water partition coefficient (Wildman–Crippen LogP) is 11.1. The Hall–Kier alpha value is -4.02. The Kier molecular flexibility index (Phi) is 17.2. The summed E-state index contributed by atoms with van der Waals surface area (Å²) < 4.78 is 173. The van der Waals surface area contributed by atoms with E-state index < -0.39 is 112 Å². The highest BCUT2D eigenvalue weighted by molar-refractivity contribution is 9.10. The fraction of sp³-hybridized carbons (Fsp3) is 0.159. The van der Waals surface area contributed by atoms with Gasteiger partial charge in [0.1, 0.15) is 15.5 Å². The number of nitrogens with zero attached hydrogens (tertiary/aromatic N) is 3. The Morgan fingerprint density at radius 1 is 0.611 bits per heavy atom. The number of hydrogen-bond acceptors (Lipinski definition) is 10. The molecule has 1 atom stereocenters. The Morgan fingerprint density at radius 2 is 1.04 bits per heavy atom. The van der Waals surface area contributed by atoms with Crippen molar-refractivity contribution in [3.8, 4) is 11.8 Å². The molecule has 72 heavy (non-hydrogen) atoms. The Balaban J connectivity index is 1.27. The van der Waals surface area contributed by atoms with Crippen LogP contribution in [0.2, 0.25) is 10.0 Å². The van der Waals surface area contributed by atoms with Gasteiger partial charge in [0, 0.05) is 58.6 Å². The molecule has 0 aliphatic carbocycles. The van der Waals surface area contributed by atoms with Crippen molar-refractivity contribution in [2.45, 2.75) is 52.2 Å². The second kappa shape index (κ2) is 21.7. The molecular formula is C44H35Br2Cl2F4N3O12P2S3. The summed E-state index contributed by atoms with van der Waals surface area (Å²) in [6.07, 6.45) is 0.996. The van der Waals surface area contributed by atoms with Gasteiger partial charge in [0.25, 0.3) is 0 Å². The summed E-state index contributed by atoms with van der Waals surface area (Å²) in [5.41, 5.74) is -10.5. The van der Waals surface area contributed by atoms with Gasteiger partial charge in [-0.05, 0) is 82.9 Å². The largest absolute Gasteiger partial charge is 0.450 e. The van der Waals surface area contributed by atoms with Crippen LogP contribution in [0.4, 0.5) is 17.6 Å². The van der Waals surface area contributed by atoms with Gasteiger partial charge < -0.3 is 19.2 Å². The van der Waals surface area contributed by atoms with Crippen LogP contribution in [0.1, 0.15) is 38.9 Å². The van der Waals surface area contributed by atoms with Gasteiger partial charge in [-0.15, -0.1) is 0 Å². The molecule has 3 N–H and O–H groups in total. The van der Waals surface area contributed by atoms with E-state index in [2.05, 4.69) is 31.9 Å². The predicted molar refractivity (Wildman–Crippen MR) is 265 cm³/mol. The molecule has 15 nitrogen and oxygen atoms in total. The van der Waals surface area contributed by atoms with Gasteiger partial charge in [-0.2, -0.15) is 31.4 Å². The second-order valence-corrected chi connectivity index (χ2v) is 27.4. The van der Waals surface area contributed by atoms with Crippen molar-refractivity contribution in [2.75, 3.05) is 6.26 Å². The maximum absolute atomic E-state index is 16.2. The molecule has 28 heteroatoms. The van der Waals surface area contributed by atoms with Gasteiger partial charge >= 0.3 is 26.5 Å². The maximum Gasteiger partial charge on any atom is 0.450 e. The monoisotopic (exact) mass is 1260 g/mol. The Morgan fingerprint density at radius 3 is 1.47 bits per heavy atom. The Bertz CT molecular complexity index is 3560. The average molecular weight is 1260 g/mol. The molecular weight excluding hydrogens is 1230 g/mol. The molecule has 0 saturated carbocycles. The van der Waals surface area contributed by atoms with Gasteiger partial charge in [-0.3, -0.25) is 4.57 Å². The molecule has 0 amide bonds. The molecule has 0 spiro atoms. The third-order valence-electron chi connectivity index (χ3n) is 10.5. The van der Waals surface area contributed by atoms with Crippen molar-refractivity contribution < 1.29 is 71.1 Å². The molecule has 0 aromatic heterocycles. The van der Waals surface area contributed by atoms with Gasteiger partial charge in [0.15, 0.2) is 9.84 Å². The van der Waals surface area contributed by atoms with E-state index in [1.54, 1.807) is 0 Å². The first-order chi connectivity index (χ1) is 33.3. The van der Waals surface area contributed by atoms with E-state index in [1.165, 1.54) is 72.8 Å². The summed E-state index contributed by atoms with van der Waals surface area (Å²) in [7, 11) is -24.9. The maximum atomic E-state index is 16.2. The fourth-order valence-corrected chi connectivity index (χ4v) is 14.4. The summed E-state index contributed by atoms with van der Waals surface area (Å²) in [5.74, 6) is -0.786. The van der Waals surface area contributed by atoms with Crippen molar-refractivity contribution in [3.63, 3.8) is 0 Å². The number of sulfonamides is 2. The van der Waals surface area contributed by atoms with Crippen LogP contribution in [-0.4, -0.2) is 54.8 Å². The summed E-state index contributed by atoms with van der Waals surface area (Å²) in [4.78, 5) is 28.3. The molecule has 6 aromatic carbocycles. The van der Waals surface area contributed by atoms with E-state index in [4.69, 9.17) is 27.7 Å². The lowest BCUT2D eigenvalue weighted by Gasteiger charge is -2.26. The lowest BCUT2D eigenvalue weighted by molar-refractivity contribution is 0.0557. The summed E-state index contributed by atoms with van der Waals surface area (Å²) in [5, 5.41) is 8.42. The number of nitriles is 1. The van der Waals surface area contributed by atoms with Crippen molar-refractivity contribution in [1.82, 2.24) is 8.61 Å². The number of sulfone groups is 1. The van der Waals surface area contributed by atoms with Crippen molar-refractivity contribution in [3.05, 3.63) is 185 Å². The number of rotatable bonds is 19. The molecule has 0 radical (unpaired) electrons. The van der Waals surface area contributed by atoms with Crippen LogP contribution in [0.5, 0.6) is 5.75 Å². The van der Waals surface area contributed by atoms with Crippen molar-refractivity contribution in [1.29, 1.82) is 5.26 Å². The molecule has 382 valence electrons. The quantitative estimate of drug-likeness (QED) is 0.0506. The molecule has 1 unspecified atom stereocenters. The minimum atomic E-state index is -6.14. The van der Waals surface area contributed by atoms with Gasteiger partial charge in [0.2, 0.25) is 20.0 Å². The summed E-state index contributed by atoms with van der Waals surface area (Å²) in [6, 6.07) is 26.3.